The lowest BCUT2D eigenvalue weighted by atomic mass is 10.2. The Morgan fingerprint density at radius 3 is 2.26 bits per heavy atom. The van der Waals surface area contributed by atoms with Gasteiger partial charge in [0.05, 0.1) is 5.69 Å². The van der Waals surface area contributed by atoms with E-state index in [1.165, 1.54) is 42.6 Å². The second-order valence-corrected chi connectivity index (χ2v) is 6.91. The first-order chi connectivity index (χ1) is 16.2. The van der Waals surface area contributed by atoms with Crippen molar-refractivity contribution in [3.8, 4) is 17.3 Å². The van der Waals surface area contributed by atoms with E-state index in [-0.39, 0.29) is 18.1 Å². The van der Waals surface area contributed by atoms with Crippen LogP contribution in [0, 0.1) is 11.6 Å². The first-order valence-corrected chi connectivity index (χ1v) is 9.66. The quantitative estimate of drug-likeness (QED) is 0.410. The van der Waals surface area contributed by atoms with Gasteiger partial charge in [0.1, 0.15) is 17.4 Å². The first-order valence-electron chi connectivity index (χ1n) is 9.66. The fraction of sp³-hybridized carbons (Fsp3) is 0.0909. The Kier molecular flexibility index (Phi) is 6.21. The molecule has 0 saturated heterocycles. The van der Waals surface area contributed by atoms with Gasteiger partial charge in [-0.25, -0.2) is 18.4 Å². The van der Waals surface area contributed by atoms with Gasteiger partial charge in [-0.2, -0.15) is 13.2 Å². The van der Waals surface area contributed by atoms with Gasteiger partial charge in [-0.3, -0.25) is 4.79 Å². The van der Waals surface area contributed by atoms with Crippen LogP contribution in [0.1, 0.15) is 21.7 Å². The molecule has 1 N–H and O–H groups in total. The molecule has 0 radical (unpaired) electrons. The number of pyridine rings is 1. The number of carbonyl (C=O) groups is 1. The molecule has 2 heterocycles. The van der Waals surface area contributed by atoms with Gasteiger partial charge >= 0.3 is 6.18 Å². The van der Waals surface area contributed by atoms with Crippen molar-refractivity contribution in [2.45, 2.75) is 12.7 Å². The van der Waals surface area contributed by atoms with Crippen LogP contribution in [0.15, 0.2) is 66.9 Å². The Morgan fingerprint density at radius 2 is 1.62 bits per heavy atom. The molecule has 0 aliphatic rings. The van der Waals surface area contributed by atoms with Gasteiger partial charge in [0.15, 0.2) is 11.4 Å². The molecule has 34 heavy (non-hydrogen) atoms. The summed E-state index contributed by atoms with van der Waals surface area (Å²) in [7, 11) is 0. The van der Waals surface area contributed by atoms with E-state index in [1.54, 1.807) is 0 Å². The summed E-state index contributed by atoms with van der Waals surface area (Å²) >= 11 is 0. The van der Waals surface area contributed by atoms with Gasteiger partial charge in [-0.1, -0.05) is 5.21 Å². The van der Waals surface area contributed by atoms with Crippen LogP contribution in [0.3, 0.4) is 0 Å². The summed E-state index contributed by atoms with van der Waals surface area (Å²) in [6.45, 7) is -0.165. The molecule has 2 aromatic carbocycles. The fourth-order valence-electron chi connectivity index (χ4n) is 2.96. The van der Waals surface area contributed by atoms with Crippen molar-refractivity contribution in [3.05, 3.63) is 95.4 Å². The number of rotatable bonds is 6. The van der Waals surface area contributed by atoms with Crippen LogP contribution in [0.25, 0.3) is 5.69 Å². The predicted molar refractivity (Wildman–Crippen MR) is 108 cm³/mol. The smallest absolute Gasteiger partial charge is 0.435 e. The molecule has 0 saturated carbocycles. The van der Waals surface area contributed by atoms with Gasteiger partial charge in [-0.05, 0) is 60.2 Å². The molecule has 0 spiro atoms. The fourth-order valence-corrected chi connectivity index (χ4v) is 2.96. The van der Waals surface area contributed by atoms with Crippen LogP contribution >= 0.6 is 0 Å². The normalized spacial score (nSPS) is 11.3. The highest BCUT2D eigenvalue weighted by atomic mass is 19.4. The number of hydrogen-bond donors (Lipinski definition) is 1. The number of carbonyl (C=O) groups excluding carboxylic acids is 1. The Bertz CT molecular complexity index is 1300. The van der Waals surface area contributed by atoms with Crippen molar-refractivity contribution in [2.24, 2.45) is 0 Å². The maximum absolute atomic E-state index is 13.7. The zero-order chi connectivity index (χ0) is 24.3. The third-order valence-corrected chi connectivity index (χ3v) is 4.51. The summed E-state index contributed by atoms with van der Waals surface area (Å²) < 4.78 is 73.2. The standard InChI is InChI=1S/C22H14F5N5O2/c23-14-1-5-16(6-2-14)32-20(22(25,26)27)19(30-31-32)21(33)29-12-13-9-10-28-18(11-13)34-17-7-3-15(24)4-8-17/h1-11H,12H2,(H,29,33). The van der Waals surface area contributed by atoms with Crippen LogP contribution in [-0.2, 0) is 12.7 Å². The van der Waals surface area contributed by atoms with Crippen LogP contribution in [0.5, 0.6) is 11.6 Å². The molecule has 0 aliphatic heterocycles. The zero-order valence-corrected chi connectivity index (χ0v) is 17.1. The Morgan fingerprint density at radius 1 is 0.971 bits per heavy atom. The Labute approximate surface area is 188 Å². The minimum Gasteiger partial charge on any atom is -0.439 e. The number of benzene rings is 2. The molecule has 0 atom stereocenters. The van der Waals surface area contributed by atoms with Crippen molar-refractivity contribution >= 4 is 5.91 Å². The number of halogens is 5. The molecule has 2 aromatic heterocycles. The second-order valence-electron chi connectivity index (χ2n) is 6.91. The average molecular weight is 475 g/mol. The summed E-state index contributed by atoms with van der Waals surface area (Å²) in [4.78, 5) is 16.5. The highest BCUT2D eigenvalue weighted by molar-refractivity contribution is 5.93. The molecular formula is C22H14F5N5O2. The van der Waals surface area contributed by atoms with Crippen LogP contribution in [0.4, 0.5) is 22.0 Å². The van der Waals surface area contributed by atoms with Gasteiger partial charge in [0, 0.05) is 18.8 Å². The minimum atomic E-state index is -4.96. The predicted octanol–water partition coefficient (Wildman–Crippen LogP) is 4.68. The monoisotopic (exact) mass is 475 g/mol. The number of amides is 1. The average Bonchev–Trinajstić information content (AvgIpc) is 3.26. The molecule has 0 aliphatic carbocycles. The first kappa shape index (κ1) is 22.8. The molecule has 4 aromatic rings. The number of alkyl halides is 3. The Hall–Kier alpha value is -4.35. The van der Waals surface area contributed by atoms with Crippen LogP contribution < -0.4 is 10.1 Å². The van der Waals surface area contributed by atoms with Crippen LogP contribution in [0.2, 0.25) is 0 Å². The molecule has 12 heteroatoms. The minimum absolute atomic E-state index is 0.114. The van der Waals surface area contributed by atoms with Gasteiger partial charge < -0.3 is 10.1 Å². The van der Waals surface area contributed by atoms with Crippen molar-refractivity contribution in [1.29, 1.82) is 0 Å². The lowest BCUT2D eigenvalue weighted by Gasteiger charge is -2.11. The van der Waals surface area contributed by atoms with Crippen molar-refractivity contribution < 1.29 is 31.5 Å². The topological polar surface area (TPSA) is 81.9 Å². The van der Waals surface area contributed by atoms with Gasteiger partial charge in [0.2, 0.25) is 5.88 Å². The van der Waals surface area contributed by atoms with Crippen molar-refractivity contribution in [1.82, 2.24) is 25.3 Å². The highest BCUT2D eigenvalue weighted by Gasteiger charge is 2.42. The number of nitrogens with zero attached hydrogens (tertiary/aromatic N) is 4. The van der Waals surface area contributed by atoms with E-state index in [2.05, 4.69) is 20.6 Å². The lowest BCUT2D eigenvalue weighted by molar-refractivity contribution is -0.143. The van der Waals surface area contributed by atoms with E-state index < -0.39 is 35.1 Å². The van der Waals surface area contributed by atoms with E-state index in [4.69, 9.17) is 4.74 Å². The zero-order valence-electron chi connectivity index (χ0n) is 17.1. The van der Waals surface area contributed by atoms with E-state index in [0.29, 0.717) is 16.0 Å². The molecule has 0 unspecified atom stereocenters. The van der Waals surface area contributed by atoms with Crippen molar-refractivity contribution in [3.63, 3.8) is 0 Å². The molecule has 0 bridgehead atoms. The molecule has 174 valence electrons. The van der Waals surface area contributed by atoms with Crippen molar-refractivity contribution in [2.75, 3.05) is 0 Å². The summed E-state index contributed by atoms with van der Waals surface area (Å²) in [5.41, 5.74) is -1.97. The SMILES string of the molecule is O=C(NCc1ccnc(Oc2ccc(F)cc2)c1)c1nnn(-c2ccc(F)cc2)c1C(F)(F)F. The van der Waals surface area contributed by atoms with E-state index in [9.17, 15) is 26.7 Å². The molecule has 4 rings (SSSR count). The highest BCUT2D eigenvalue weighted by Crippen LogP contribution is 2.32. The van der Waals surface area contributed by atoms with E-state index >= 15 is 0 Å². The maximum Gasteiger partial charge on any atom is 0.435 e. The number of nitrogens with one attached hydrogen (secondary N) is 1. The summed E-state index contributed by atoms with van der Waals surface area (Å²) in [6, 6.07) is 12.3. The Balaban J connectivity index is 1.51. The van der Waals surface area contributed by atoms with E-state index in [0.717, 1.165) is 24.3 Å². The van der Waals surface area contributed by atoms with Gasteiger partial charge in [-0.15, -0.1) is 5.10 Å². The largest absolute Gasteiger partial charge is 0.439 e. The lowest BCUT2D eigenvalue weighted by Crippen LogP contribution is -2.27. The van der Waals surface area contributed by atoms with Crippen LogP contribution in [-0.4, -0.2) is 25.9 Å². The van der Waals surface area contributed by atoms with Gasteiger partial charge in [0.25, 0.3) is 5.91 Å². The summed E-state index contributed by atoms with van der Waals surface area (Å²) in [5, 5.41) is 9.18. The number of hydrogen-bond acceptors (Lipinski definition) is 5. The molecule has 7 nitrogen and oxygen atoms in total. The third kappa shape index (κ3) is 5.17. The molecule has 0 fully saturated rings. The number of ether oxygens (including phenoxy) is 1. The second kappa shape index (κ2) is 9.25. The third-order valence-electron chi connectivity index (χ3n) is 4.51. The summed E-state index contributed by atoms with van der Waals surface area (Å²) in [6.07, 6.45) is -3.58. The van der Waals surface area contributed by atoms with E-state index in [1.807, 2.05) is 0 Å². The number of aromatic nitrogens is 4. The molecule has 1 amide bonds. The molecular weight excluding hydrogens is 461 g/mol. The maximum atomic E-state index is 13.7. The summed E-state index contributed by atoms with van der Waals surface area (Å²) in [5.74, 6) is -1.74.